The molecule has 5 rings (SSSR count). The maximum absolute atomic E-state index is 2.78. The number of nitrogens with zero attached hydrogens (tertiary/aromatic N) is 4. The topological polar surface area (TPSA) is 13.0 Å². The van der Waals surface area contributed by atoms with Gasteiger partial charge in [-0.05, 0) is 47.5 Å². The summed E-state index contributed by atoms with van der Waals surface area (Å²) in [4.78, 5) is 11.0. The van der Waals surface area contributed by atoms with Gasteiger partial charge in [-0.1, -0.05) is 0 Å². The normalized spacial score (nSPS) is 40.6. The van der Waals surface area contributed by atoms with E-state index in [1.807, 2.05) is 0 Å². The lowest BCUT2D eigenvalue weighted by atomic mass is 9.86. The number of likely N-dealkylation sites (tertiary alicyclic amines) is 2. The largest absolute Gasteiger partial charge is 0.293 e. The molecule has 0 aliphatic carbocycles. The van der Waals surface area contributed by atoms with E-state index in [0.717, 1.165) is 30.2 Å². The second kappa shape index (κ2) is 5.17. The highest BCUT2D eigenvalue weighted by Gasteiger charge is 2.49. The van der Waals surface area contributed by atoms with Crippen molar-refractivity contribution in [2.45, 2.75) is 83.2 Å². The fourth-order valence-electron chi connectivity index (χ4n) is 5.69. The van der Waals surface area contributed by atoms with Gasteiger partial charge in [-0.15, -0.1) is 0 Å². The van der Waals surface area contributed by atoms with E-state index in [4.69, 9.17) is 0 Å². The lowest BCUT2D eigenvalue weighted by Crippen LogP contribution is -2.71. The zero-order valence-corrected chi connectivity index (χ0v) is 15.1. The standard InChI is InChI=1S/C18H34N4/c1-13(2)22-16-7-17(22)9-19(8-16)12-20-10-15-6-14(20)11-21(15)18(3,4)5/h13-17H,6-12H2,1-5H3/t14-,15-,16?,17?/m0/s1. The van der Waals surface area contributed by atoms with Crippen molar-refractivity contribution in [3.8, 4) is 0 Å². The van der Waals surface area contributed by atoms with Gasteiger partial charge in [-0.3, -0.25) is 19.6 Å². The monoisotopic (exact) mass is 306 g/mol. The van der Waals surface area contributed by atoms with Gasteiger partial charge >= 0.3 is 0 Å². The van der Waals surface area contributed by atoms with Crippen LogP contribution >= 0.6 is 0 Å². The van der Waals surface area contributed by atoms with Gasteiger partial charge in [0, 0.05) is 61.9 Å². The van der Waals surface area contributed by atoms with Gasteiger partial charge in [0.15, 0.2) is 0 Å². The van der Waals surface area contributed by atoms with E-state index in [0.29, 0.717) is 5.54 Å². The van der Waals surface area contributed by atoms with E-state index in [1.54, 1.807) is 0 Å². The molecule has 5 heterocycles. The predicted molar refractivity (Wildman–Crippen MR) is 91.0 cm³/mol. The van der Waals surface area contributed by atoms with Gasteiger partial charge in [-0.2, -0.15) is 0 Å². The van der Waals surface area contributed by atoms with Crippen LogP contribution in [-0.2, 0) is 0 Å². The van der Waals surface area contributed by atoms with Crippen molar-refractivity contribution in [1.82, 2.24) is 19.6 Å². The van der Waals surface area contributed by atoms with Crippen molar-refractivity contribution < 1.29 is 0 Å². The molecule has 0 aromatic rings. The van der Waals surface area contributed by atoms with Crippen LogP contribution in [-0.4, -0.2) is 88.2 Å². The van der Waals surface area contributed by atoms with Crippen LogP contribution in [0.25, 0.3) is 0 Å². The Kier molecular flexibility index (Phi) is 3.61. The van der Waals surface area contributed by atoms with Gasteiger partial charge < -0.3 is 0 Å². The van der Waals surface area contributed by atoms with Crippen LogP contribution in [0.3, 0.4) is 0 Å². The molecule has 22 heavy (non-hydrogen) atoms. The van der Waals surface area contributed by atoms with E-state index >= 15 is 0 Å². The molecular weight excluding hydrogens is 272 g/mol. The average Bonchev–Trinajstić information content (AvgIpc) is 2.96. The molecule has 0 aromatic carbocycles. The Morgan fingerprint density at radius 1 is 0.864 bits per heavy atom. The molecule has 0 amide bonds. The summed E-state index contributed by atoms with van der Waals surface area (Å²) in [7, 11) is 0. The highest BCUT2D eigenvalue weighted by molar-refractivity contribution is 5.05. The molecule has 4 bridgehead atoms. The van der Waals surface area contributed by atoms with Crippen LogP contribution < -0.4 is 0 Å². The first-order chi connectivity index (χ1) is 10.3. The molecule has 126 valence electrons. The number of fused-ring (bicyclic) bond motifs is 4. The van der Waals surface area contributed by atoms with Gasteiger partial charge in [0.2, 0.25) is 0 Å². The molecule has 4 atom stereocenters. The number of rotatable bonds is 3. The Labute approximate surface area is 136 Å². The number of hydrogen-bond donors (Lipinski definition) is 0. The van der Waals surface area contributed by atoms with Gasteiger partial charge in [0.05, 0.1) is 6.67 Å². The third-order valence-electron chi connectivity index (χ3n) is 6.52. The maximum atomic E-state index is 2.78. The fraction of sp³-hybridized carbons (Fsp3) is 1.00. The molecule has 5 aliphatic heterocycles. The first-order valence-electron chi connectivity index (χ1n) is 9.33. The Bertz CT molecular complexity index is 417. The quantitative estimate of drug-likeness (QED) is 0.786. The van der Waals surface area contributed by atoms with Crippen molar-refractivity contribution in [3.63, 3.8) is 0 Å². The molecule has 0 spiro atoms. The second-order valence-electron chi connectivity index (χ2n) is 9.40. The summed E-state index contributed by atoms with van der Waals surface area (Å²) in [6.07, 6.45) is 2.84. The first kappa shape index (κ1) is 15.4. The van der Waals surface area contributed by atoms with E-state index in [-0.39, 0.29) is 0 Å². The highest BCUT2D eigenvalue weighted by Crippen LogP contribution is 2.37. The average molecular weight is 306 g/mol. The van der Waals surface area contributed by atoms with E-state index in [1.165, 1.54) is 45.7 Å². The van der Waals surface area contributed by atoms with Crippen molar-refractivity contribution in [2.24, 2.45) is 0 Å². The maximum Gasteiger partial charge on any atom is 0.0511 e. The summed E-state index contributed by atoms with van der Waals surface area (Å²) in [5, 5.41) is 0. The summed E-state index contributed by atoms with van der Waals surface area (Å²) in [6, 6.07) is 4.02. The lowest BCUT2D eigenvalue weighted by Gasteiger charge is -2.59. The highest BCUT2D eigenvalue weighted by atomic mass is 15.5. The predicted octanol–water partition coefficient (Wildman–Crippen LogP) is 1.67. The molecule has 5 saturated heterocycles. The summed E-state index contributed by atoms with van der Waals surface area (Å²) >= 11 is 0. The van der Waals surface area contributed by atoms with E-state index in [2.05, 4.69) is 54.2 Å². The molecule has 0 saturated carbocycles. The molecule has 4 heteroatoms. The minimum Gasteiger partial charge on any atom is -0.293 e. The summed E-state index contributed by atoms with van der Waals surface area (Å²) in [6.45, 7) is 18.2. The van der Waals surface area contributed by atoms with Crippen molar-refractivity contribution in [2.75, 3.05) is 32.8 Å². The van der Waals surface area contributed by atoms with Crippen molar-refractivity contribution in [1.29, 1.82) is 0 Å². The molecular formula is C18H34N4. The smallest absolute Gasteiger partial charge is 0.0511 e. The summed E-state index contributed by atoms with van der Waals surface area (Å²) < 4.78 is 0. The second-order valence-corrected chi connectivity index (χ2v) is 9.40. The molecule has 0 N–H and O–H groups in total. The third-order valence-corrected chi connectivity index (χ3v) is 6.52. The van der Waals surface area contributed by atoms with Crippen LogP contribution in [0.1, 0.15) is 47.5 Å². The molecule has 5 fully saturated rings. The Balaban J connectivity index is 1.31. The van der Waals surface area contributed by atoms with Crippen LogP contribution in [0, 0.1) is 0 Å². The molecule has 0 aromatic heterocycles. The third kappa shape index (κ3) is 2.43. The summed E-state index contributed by atoms with van der Waals surface area (Å²) in [5.74, 6) is 0. The van der Waals surface area contributed by atoms with Crippen LogP contribution in [0.15, 0.2) is 0 Å². The van der Waals surface area contributed by atoms with Crippen LogP contribution in [0.2, 0.25) is 0 Å². The molecule has 5 aliphatic rings. The number of piperidine rings is 1. The molecule has 2 unspecified atom stereocenters. The van der Waals surface area contributed by atoms with Crippen LogP contribution in [0.4, 0.5) is 0 Å². The van der Waals surface area contributed by atoms with Crippen LogP contribution in [0.5, 0.6) is 0 Å². The fourth-order valence-corrected chi connectivity index (χ4v) is 5.69. The van der Waals surface area contributed by atoms with Gasteiger partial charge in [0.1, 0.15) is 0 Å². The Morgan fingerprint density at radius 3 is 2.00 bits per heavy atom. The lowest BCUT2D eigenvalue weighted by molar-refractivity contribution is -0.103. The first-order valence-corrected chi connectivity index (χ1v) is 9.33. The zero-order chi connectivity index (χ0) is 15.6. The van der Waals surface area contributed by atoms with Crippen molar-refractivity contribution in [3.05, 3.63) is 0 Å². The van der Waals surface area contributed by atoms with Crippen molar-refractivity contribution >= 4 is 0 Å². The molecule has 0 radical (unpaired) electrons. The SMILES string of the molecule is CC(C)N1C2CC1CN(CN1C[C@@H]3C[C@H]1CN3C(C)(C)C)C2. The minimum atomic E-state index is 0.343. The Morgan fingerprint density at radius 2 is 1.50 bits per heavy atom. The molecule has 4 nitrogen and oxygen atoms in total. The minimum absolute atomic E-state index is 0.343. The summed E-state index contributed by atoms with van der Waals surface area (Å²) in [5.41, 5.74) is 0.343. The van der Waals surface area contributed by atoms with Gasteiger partial charge in [-0.25, -0.2) is 0 Å². The van der Waals surface area contributed by atoms with E-state index < -0.39 is 0 Å². The Hall–Kier alpha value is -0.160. The zero-order valence-electron chi connectivity index (χ0n) is 15.1. The van der Waals surface area contributed by atoms with E-state index in [9.17, 15) is 0 Å². The number of piperazine rings is 2. The number of hydrogen-bond acceptors (Lipinski definition) is 4. The van der Waals surface area contributed by atoms with Gasteiger partial charge in [0.25, 0.3) is 0 Å².